The Hall–Kier alpha value is -2.00. The molecule has 0 amide bonds. The molecule has 114 valence electrons. The van der Waals surface area contributed by atoms with Crippen molar-refractivity contribution in [1.29, 1.82) is 0 Å². The third kappa shape index (κ3) is 2.26. The van der Waals surface area contributed by atoms with E-state index in [-0.39, 0.29) is 12.1 Å². The van der Waals surface area contributed by atoms with Crippen molar-refractivity contribution in [2.45, 2.75) is 31.9 Å². The molecule has 2 N–H and O–H groups in total. The van der Waals surface area contributed by atoms with Crippen LogP contribution in [-0.4, -0.2) is 11.7 Å². The van der Waals surface area contributed by atoms with Crippen LogP contribution in [0.2, 0.25) is 0 Å². The summed E-state index contributed by atoms with van der Waals surface area (Å²) < 4.78 is 6.14. The maximum atomic E-state index is 9.81. The molecule has 0 bridgehead atoms. The molecule has 0 saturated carbocycles. The number of hydrogen-bond acceptors (Lipinski definition) is 3. The number of fused-ring (bicyclic) bond motifs is 3. The SMILES string of the molecule is Cc1ccc2c(c1)[C@H]1OCCC[C@H]1[C@H](c1cccc(O)c1)N2. The maximum Gasteiger partial charge on any atom is 0.115 e. The number of anilines is 1. The summed E-state index contributed by atoms with van der Waals surface area (Å²) in [5.41, 5.74) is 4.83. The molecule has 0 unspecified atom stereocenters. The van der Waals surface area contributed by atoms with Gasteiger partial charge in [-0.15, -0.1) is 0 Å². The lowest BCUT2D eigenvalue weighted by molar-refractivity contribution is -0.0381. The van der Waals surface area contributed by atoms with Gasteiger partial charge in [0.25, 0.3) is 0 Å². The average Bonchev–Trinajstić information content (AvgIpc) is 2.54. The van der Waals surface area contributed by atoms with E-state index in [2.05, 4.69) is 36.5 Å². The van der Waals surface area contributed by atoms with Gasteiger partial charge in [0.1, 0.15) is 5.75 Å². The fraction of sp³-hybridized carbons (Fsp3) is 0.368. The highest BCUT2D eigenvalue weighted by Gasteiger charge is 2.39. The number of hydrogen-bond donors (Lipinski definition) is 2. The van der Waals surface area contributed by atoms with Gasteiger partial charge in [0, 0.05) is 23.8 Å². The summed E-state index contributed by atoms with van der Waals surface area (Å²) in [6.45, 7) is 2.96. The number of nitrogens with one attached hydrogen (secondary N) is 1. The fourth-order valence-corrected chi connectivity index (χ4v) is 3.84. The van der Waals surface area contributed by atoms with Crippen molar-refractivity contribution in [3.05, 3.63) is 59.2 Å². The van der Waals surface area contributed by atoms with Crippen molar-refractivity contribution in [2.75, 3.05) is 11.9 Å². The molecule has 0 aromatic heterocycles. The summed E-state index contributed by atoms with van der Waals surface area (Å²) >= 11 is 0. The summed E-state index contributed by atoms with van der Waals surface area (Å²) in [5, 5.41) is 13.5. The lowest BCUT2D eigenvalue weighted by atomic mass is 9.77. The summed E-state index contributed by atoms with van der Waals surface area (Å²) in [6.07, 6.45) is 2.39. The van der Waals surface area contributed by atoms with Crippen molar-refractivity contribution in [3.63, 3.8) is 0 Å². The lowest BCUT2D eigenvalue weighted by Crippen LogP contribution is -2.36. The smallest absolute Gasteiger partial charge is 0.115 e. The van der Waals surface area contributed by atoms with Crippen LogP contribution in [0, 0.1) is 12.8 Å². The maximum absolute atomic E-state index is 9.81. The van der Waals surface area contributed by atoms with Gasteiger partial charge in [0.2, 0.25) is 0 Å². The van der Waals surface area contributed by atoms with Gasteiger partial charge in [-0.05, 0) is 43.5 Å². The minimum atomic E-state index is 0.150. The Bertz CT molecular complexity index is 698. The highest BCUT2D eigenvalue weighted by atomic mass is 16.5. The van der Waals surface area contributed by atoms with Crippen LogP contribution < -0.4 is 5.32 Å². The normalized spacial score (nSPS) is 26.7. The van der Waals surface area contributed by atoms with Crippen LogP contribution in [0.1, 0.15) is 41.7 Å². The van der Waals surface area contributed by atoms with Crippen molar-refractivity contribution in [1.82, 2.24) is 0 Å². The number of phenolic OH excluding ortho intramolecular Hbond substituents is 1. The third-order valence-electron chi connectivity index (χ3n) is 4.85. The molecule has 22 heavy (non-hydrogen) atoms. The van der Waals surface area contributed by atoms with Gasteiger partial charge in [0.15, 0.2) is 0 Å². The van der Waals surface area contributed by atoms with E-state index in [0.29, 0.717) is 11.7 Å². The van der Waals surface area contributed by atoms with Gasteiger partial charge in [-0.3, -0.25) is 0 Å². The van der Waals surface area contributed by atoms with Crippen LogP contribution in [0.5, 0.6) is 5.75 Å². The van der Waals surface area contributed by atoms with Crippen molar-refractivity contribution in [2.24, 2.45) is 5.92 Å². The second kappa shape index (κ2) is 5.33. The predicted octanol–water partition coefficient (Wildman–Crippen LogP) is 4.34. The molecule has 2 aliphatic rings. The Kier molecular flexibility index (Phi) is 3.30. The first kappa shape index (κ1) is 13.6. The van der Waals surface area contributed by atoms with E-state index in [0.717, 1.165) is 30.7 Å². The van der Waals surface area contributed by atoms with E-state index in [9.17, 15) is 5.11 Å². The Morgan fingerprint density at radius 2 is 2.09 bits per heavy atom. The zero-order chi connectivity index (χ0) is 15.1. The molecule has 1 saturated heterocycles. The zero-order valence-electron chi connectivity index (χ0n) is 12.8. The van der Waals surface area contributed by atoms with Crippen LogP contribution in [0.15, 0.2) is 42.5 Å². The number of phenols is 1. The van der Waals surface area contributed by atoms with Crippen molar-refractivity contribution < 1.29 is 9.84 Å². The zero-order valence-corrected chi connectivity index (χ0v) is 12.8. The van der Waals surface area contributed by atoms with Crippen LogP contribution in [0.4, 0.5) is 5.69 Å². The van der Waals surface area contributed by atoms with Gasteiger partial charge in [-0.2, -0.15) is 0 Å². The Morgan fingerprint density at radius 1 is 1.18 bits per heavy atom. The van der Waals surface area contributed by atoms with Gasteiger partial charge in [0.05, 0.1) is 12.1 Å². The molecule has 0 spiro atoms. The molecule has 3 heteroatoms. The van der Waals surface area contributed by atoms with Gasteiger partial charge in [-0.1, -0.05) is 29.8 Å². The van der Waals surface area contributed by atoms with Crippen LogP contribution in [0.3, 0.4) is 0 Å². The van der Waals surface area contributed by atoms with E-state index >= 15 is 0 Å². The summed E-state index contributed by atoms with van der Waals surface area (Å²) in [5.74, 6) is 0.729. The Morgan fingerprint density at radius 3 is 2.95 bits per heavy atom. The molecule has 2 aromatic rings. The molecular weight excluding hydrogens is 274 g/mol. The number of rotatable bonds is 1. The molecule has 0 radical (unpaired) electrons. The van der Waals surface area contributed by atoms with E-state index in [1.807, 2.05) is 12.1 Å². The molecule has 3 atom stereocenters. The highest BCUT2D eigenvalue weighted by molar-refractivity contribution is 5.58. The summed E-state index contributed by atoms with van der Waals surface area (Å²) in [7, 11) is 0. The minimum Gasteiger partial charge on any atom is -0.508 e. The highest BCUT2D eigenvalue weighted by Crippen LogP contribution is 2.49. The van der Waals surface area contributed by atoms with Gasteiger partial charge in [-0.25, -0.2) is 0 Å². The molecule has 4 rings (SSSR count). The second-order valence-electron chi connectivity index (χ2n) is 6.41. The van der Waals surface area contributed by atoms with Crippen molar-refractivity contribution >= 4 is 5.69 Å². The summed E-state index contributed by atoms with van der Waals surface area (Å²) in [6, 6.07) is 14.3. The van der Waals surface area contributed by atoms with E-state index in [1.165, 1.54) is 11.1 Å². The van der Waals surface area contributed by atoms with Crippen LogP contribution in [-0.2, 0) is 4.74 Å². The number of aryl methyl sites for hydroxylation is 1. The first-order valence-corrected chi connectivity index (χ1v) is 8.00. The largest absolute Gasteiger partial charge is 0.508 e. The molecule has 2 aliphatic heterocycles. The fourth-order valence-electron chi connectivity index (χ4n) is 3.84. The second-order valence-corrected chi connectivity index (χ2v) is 6.41. The lowest BCUT2D eigenvalue weighted by Gasteiger charge is -2.43. The first-order valence-electron chi connectivity index (χ1n) is 8.00. The Balaban J connectivity index is 1.79. The molecule has 2 aromatic carbocycles. The number of benzene rings is 2. The molecule has 3 nitrogen and oxygen atoms in total. The van der Waals surface area contributed by atoms with Crippen LogP contribution >= 0.6 is 0 Å². The quantitative estimate of drug-likeness (QED) is 0.822. The molecule has 0 aliphatic carbocycles. The topological polar surface area (TPSA) is 41.5 Å². The average molecular weight is 295 g/mol. The number of ether oxygens (including phenoxy) is 1. The van der Waals surface area contributed by atoms with Gasteiger partial charge >= 0.3 is 0 Å². The van der Waals surface area contributed by atoms with Crippen molar-refractivity contribution in [3.8, 4) is 5.75 Å². The minimum absolute atomic E-state index is 0.150. The third-order valence-corrected chi connectivity index (χ3v) is 4.85. The van der Waals surface area contributed by atoms with Gasteiger partial charge < -0.3 is 15.2 Å². The molecular formula is C19H21NO2. The van der Waals surface area contributed by atoms with E-state index in [1.54, 1.807) is 6.07 Å². The standard InChI is InChI=1S/C19H21NO2/c1-12-7-8-17-16(10-12)19-15(6-3-9-22-19)18(20-17)13-4-2-5-14(21)11-13/h2,4-5,7-8,10-11,15,18-21H,3,6,9H2,1H3/t15-,18-,19-/m0/s1. The molecule has 1 fully saturated rings. The van der Waals surface area contributed by atoms with E-state index < -0.39 is 0 Å². The molecule has 2 heterocycles. The summed E-state index contributed by atoms with van der Waals surface area (Å²) in [4.78, 5) is 0. The van der Waals surface area contributed by atoms with Crippen LogP contribution in [0.25, 0.3) is 0 Å². The van der Waals surface area contributed by atoms with E-state index in [4.69, 9.17) is 4.74 Å². The number of aromatic hydroxyl groups is 1. The predicted molar refractivity (Wildman–Crippen MR) is 87.1 cm³/mol. The Labute approximate surface area is 130 Å². The first-order chi connectivity index (χ1) is 10.7. The monoisotopic (exact) mass is 295 g/mol.